The number of nitrogens with zero attached hydrogens (tertiary/aromatic N) is 3. The molecule has 0 bridgehead atoms. The molecule has 2 N–H and O–H groups in total. The second-order valence-electron chi connectivity index (χ2n) is 5.06. The van der Waals surface area contributed by atoms with Gasteiger partial charge in [-0.3, -0.25) is 4.98 Å². The molecule has 0 saturated heterocycles. The highest BCUT2D eigenvalue weighted by Crippen LogP contribution is 2.37. The first kappa shape index (κ1) is 13.4. The highest BCUT2D eigenvalue weighted by molar-refractivity contribution is 5.94. The molecule has 23 heavy (non-hydrogen) atoms. The fourth-order valence-electron chi connectivity index (χ4n) is 2.51. The van der Waals surface area contributed by atoms with Crippen molar-refractivity contribution in [1.29, 1.82) is 0 Å². The monoisotopic (exact) mass is 306 g/mol. The standard InChI is InChI=1S/C17H11FN4O/c18-11-6-7-13-12(9-11)16(17(23)20-13)22-21-14-5-1-3-10-4-2-8-19-15(10)14/h1-9,20,23H. The van der Waals surface area contributed by atoms with Crippen molar-refractivity contribution in [1.82, 2.24) is 9.97 Å². The molecule has 0 amide bonds. The second-order valence-corrected chi connectivity index (χ2v) is 5.06. The predicted octanol–water partition coefficient (Wildman–Crippen LogP) is 4.98. The van der Waals surface area contributed by atoms with E-state index in [1.165, 1.54) is 12.1 Å². The molecule has 2 aromatic carbocycles. The number of halogens is 1. The molecule has 2 aromatic heterocycles. The number of azo groups is 1. The van der Waals surface area contributed by atoms with Crippen LogP contribution < -0.4 is 0 Å². The molecule has 6 heteroatoms. The summed E-state index contributed by atoms with van der Waals surface area (Å²) in [5, 5.41) is 19.7. The molecule has 4 rings (SSSR count). The summed E-state index contributed by atoms with van der Waals surface area (Å²) in [7, 11) is 0. The third-order valence-electron chi connectivity index (χ3n) is 3.58. The Kier molecular flexibility index (Phi) is 3.01. The van der Waals surface area contributed by atoms with Crippen LogP contribution in [0, 0.1) is 5.82 Å². The zero-order chi connectivity index (χ0) is 15.8. The Morgan fingerprint density at radius 3 is 2.83 bits per heavy atom. The van der Waals surface area contributed by atoms with Gasteiger partial charge in [-0.15, -0.1) is 10.2 Å². The van der Waals surface area contributed by atoms with Gasteiger partial charge in [0.15, 0.2) is 5.69 Å². The Balaban J connectivity index is 1.85. The second kappa shape index (κ2) is 5.17. The maximum absolute atomic E-state index is 13.4. The summed E-state index contributed by atoms with van der Waals surface area (Å²) >= 11 is 0. The molecule has 5 nitrogen and oxygen atoms in total. The van der Waals surface area contributed by atoms with Gasteiger partial charge in [0, 0.05) is 17.0 Å². The van der Waals surface area contributed by atoms with E-state index in [0.717, 1.165) is 5.39 Å². The van der Waals surface area contributed by atoms with Gasteiger partial charge in [-0.1, -0.05) is 18.2 Å². The first-order chi connectivity index (χ1) is 11.2. The van der Waals surface area contributed by atoms with E-state index >= 15 is 0 Å². The molecule has 2 heterocycles. The molecular formula is C17H11FN4O. The summed E-state index contributed by atoms with van der Waals surface area (Å²) in [5.41, 5.74) is 2.08. The van der Waals surface area contributed by atoms with Crippen LogP contribution in [0.25, 0.3) is 21.8 Å². The molecule has 0 aliphatic heterocycles. The molecule has 0 radical (unpaired) electrons. The number of rotatable bonds is 2. The first-order valence-corrected chi connectivity index (χ1v) is 6.98. The average molecular weight is 306 g/mol. The van der Waals surface area contributed by atoms with Crippen LogP contribution in [0.15, 0.2) is 65.0 Å². The lowest BCUT2D eigenvalue weighted by Gasteiger charge is -1.99. The van der Waals surface area contributed by atoms with Crippen molar-refractivity contribution in [2.24, 2.45) is 10.2 Å². The van der Waals surface area contributed by atoms with Crippen LogP contribution in [0.4, 0.5) is 15.8 Å². The highest BCUT2D eigenvalue weighted by Gasteiger charge is 2.11. The Hall–Kier alpha value is -3.28. The molecule has 0 saturated carbocycles. The van der Waals surface area contributed by atoms with Crippen molar-refractivity contribution in [2.45, 2.75) is 0 Å². The van der Waals surface area contributed by atoms with Crippen LogP contribution in [-0.2, 0) is 0 Å². The SMILES string of the molecule is Oc1[nH]c2ccc(F)cc2c1N=Nc1cccc2cccnc12. The van der Waals surface area contributed by atoms with E-state index in [0.29, 0.717) is 22.1 Å². The molecule has 0 spiro atoms. The van der Waals surface area contributed by atoms with Crippen LogP contribution in [0.5, 0.6) is 5.88 Å². The summed E-state index contributed by atoms with van der Waals surface area (Å²) in [6.07, 6.45) is 1.68. The first-order valence-electron chi connectivity index (χ1n) is 6.98. The molecule has 112 valence electrons. The minimum atomic E-state index is -0.403. The highest BCUT2D eigenvalue weighted by atomic mass is 19.1. The lowest BCUT2D eigenvalue weighted by molar-refractivity contribution is 0.459. The van der Waals surface area contributed by atoms with Crippen molar-refractivity contribution in [3.8, 4) is 5.88 Å². The van der Waals surface area contributed by atoms with E-state index in [4.69, 9.17) is 0 Å². The minimum Gasteiger partial charge on any atom is -0.493 e. The molecule has 0 aliphatic rings. The van der Waals surface area contributed by atoms with Crippen molar-refractivity contribution in [3.05, 3.63) is 60.5 Å². The number of para-hydroxylation sites is 1. The van der Waals surface area contributed by atoms with Gasteiger partial charge < -0.3 is 10.1 Å². The molecule has 0 aliphatic carbocycles. The number of nitrogens with one attached hydrogen (secondary N) is 1. The zero-order valence-corrected chi connectivity index (χ0v) is 11.9. The number of hydrogen-bond donors (Lipinski definition) is 2. The Morgan fingerprint density at radius 1 is 1.04 bits per heavy atom. The van der Waals surface area contributed by atoms with Gasteiger partial charge in [-0.2, -0.15) is 0 Å². The number of aromatic hydroxyl groups is 1. The summed E-state index contributed by atoms with van der Waals surface area (Å²) in [6.45, 7) is 0. The maximum Gasteiger partial charge on any atom is 0.218 e. The van der Waals surface area contributed by atoms with Gasteiger partial charge >= 0.3 is 0 Å². The lowest BCUT2D eigenvalue weighted by Crippen LogP contribution is -1.77. The van der Waals surface area contributed by atoms with Gasteiger partial charge in [0.05, 0.1) is 11.0 Å². The number of pyridine rings is 1. The van der Waals surface area contributed by atoms with Crippen molar-refractivity contribution in [3.63, 3.8) is 0 Å². The third kappa shape index (κ3) is 2.30. The number of hydrogen-bond acceptors (Lipinski definition) is 4. The van der Waals surface area contributed by atoms with Gasteiger partial charge in [0.1, 0.15) is 11.5 Å². The zero-order valence-electron chi connectivity index (χ0n) is 11.9. The largest absolute Gasteiger partial charge is 0.493 e. The number of H-pyrrole nitrogens is 1. The number of aromatic amines is 1. The maximum atomic E-state index is 13.4. The average Bonchev–Trinajstić information content (AvgIpc) is 2.87. The Bertz CT molecular complexity index is 1050. The molecule has 4 aromatic rings. The number of fused-ring (bicyclic) bond motifs is 2. The number of aromatic nitrogens is 2. The smallest absolute Gasteiger partial charge is 0.218 e. The van der Waals surface area contributed by atoms with Crippen molar-refractivity contribution < 1.29 is 9.50 Å². The van der Waals surface area contributed by atoms with E-state index in [9.17, 15) is 9.50 Å². The Morgan fingerprint density at radius 2 is 1.91 bits per heavy atom. The van der Waals surface area contributed by atoms with Gasteiger partial charge in [-0.05, 0) is 30.3 Å². The van der Waals surface area contributed by atoms with Gasteiger partial charge in [-0.25, -0.2) is 4.39 Å². The van der Waals surface area contributed by atoms with Crippen LogP contribution >= 0.6 is 0 Å². The normalized spacial score (nSPS) is 11.7. The van der Waals surface area contributed by atoms with Crippen LogP contribution in [0.1, 0.15) is 0 Å². The van der Waals surface area contributed by atoms with Crippen LogP contribution in [0.2, 0.25) is 0 Å². The summed E-state index contributed by atoms with van der Waals surface area (Å²) in [6, 6.07) is 13.5. The third-order valence-corrected chi connectivity index (χ3v) is 3.58. The van der Waals surface area contributed by atoms with E-state index in [-0.39, 0.29) is 11.6 Å². The molecule has 0 unspecified atom stereocenters. The van der Waals surface area contributed by atoms with E-state index in [1.54, 1.807) is 18.3 Å². The summed E-state index contributed by atoms with van der Waals surface area (Å²) in [4.78, 5) is 7.04. The topological polar surface area (TPSA) is 73.6 Å². The predicted molar refractivity (Wildman–Crippen MR) is 85.8 cm³/mol. The lowest BCUT2D eigenvalue weighted by atomic mass is 10.2. The summed E-state index contributed by atoms with van der Waals surface area (Å²) < 4.78 is 13.4. The van der Waals surface area contributed by atoms with E-state index < -0.39 is 5.82 Å². The fourth-order valence-corrected chi connectivity index (χ4v) is 2.51. The van der Waals surface area contributed by atoms with Crippen molar-refractivity contribution >= 4 is 33.2 Å². The van der Waals surface area contributed by atoms with E-state index in [1.807, 2.05) is 24.3 Å². The summed E-state index contributed by atoms with van der Waals surface area (Å²) in [5.74, 6) is -0.553. The van der Waals surface area contributed by atoms with Gasteiger partial charge in [0.2, 0.25) is 5.88 Å². The molecular weight excluding hydrogens is 295 g/mol. The van der Waals surface area contributed by atoms with Crippen molar-refractivity contribution in [2.75, 3.05) is 0 Å². The van der Waals surface area contributed by atoms with E-state index in [2.05, 4.69) is 20.2 Å². The van der Waals surface area contributed by atoms with Crippen LogP contribution in [0.3, 0.4) is 0 Å². The molecule has 0 fully saturated rings. The quantitative estimate of drug-likeness (QED) is 0.513. The van der Waals surface area contributed by atoms with Crippen LogP contribution in [-0.4, -0.2) is 15.1 Å². The molecule has 0 atom stereocenters. The van der Waals surface area contributed by atoms with Gasteiger partial charge in [0.25, 0.3) is 0 Å². The fraction of sp³-hybridized carbons (Fsp3) is 0. The minimum absolute atomic E-state index is 0.150. The number of benzene rings is 2. The Labute approximate surface area is 130 Å².